The van der Waals surface area contributed by atoms with Crippen LogP contribution in [-0.4, -0.2) is 41.0 Å². The number of nitrogens with zero attached hydrogens (tertiary/aromatic N) is 4. The number of rotatable bonds is 5. The van der Waals surface area contributed by atoms with E-state index in [2.05, 4.69) is 41.8 Å². The van der Waals surface area contributed by atoms with E-state index in [4.69, 9.17) is 28.9 Å². The maximum Gasteiger partial charge on any atom is 0.214 e. The Morgan fingerprint density at radius 1 is 1.00 bits per heavy atom. The summed E-state index contributed by atoms with van der Waals surface area (Å²) in [6.07, 6.45) is 3.37. The number of fused-ring (bicyclic) bond motifs is 7. The van der Waals surface area contributed by atoms with Gasteiger partial charge in [0.25, 0.3) is 0 Å². The molecule has 7 rings (SSSR count). The SMILES string of the molecule is COc1cc(C)cc2c1nc(Cc1ccc3cc1OCCCc1cc(C#N)ccc1COc1cccc-3n1)n2CC1CCO1. The summed E-state index contributed by atoms with van der Waals surface area (Å²) in [6.45, 7) is 4.54. The second-order valence-corrected chi connectivity index (χ2v) is 11.5. The minimum absolute atomic E-state index is 0.180. The topological polar surface area (TPSA) is 91.4 Å². The molecular formula is C36H34N4O4. The number of benzene rings is 3. The first-order valence-corrected chi connectivity index (χ1v) is 15.1. The summed E-state index contributed by atoms with van der Waals surface area (Å²) < 4.78 is 26.5. The van der Waals surface area contributed by atoms with E-state index in [1.165, 1.54) is 0 Å². The summed E-state index contributed by atoms with van der Waals surface area (Å²) in [5.74, 6) is 3.08. The van der Waals surface area contributed by atoms with Crippen molar-refractivity contribution in [3.8, 4) is 34.7 Å². The van der Waals surface area contributed by atoms with Gasteiger partial charge in [-0.25, -0.2) is 9.97 Å². The van der Waals surface area contributed by atoms with Crippen molar-refractivity contribution in [2.24, 2.45) is 0 Å². The standard InChI is InChI=1S/C36H34N4O4/c1-23-15-31-36(33(16-23)41-2)39-34(40(31)21-29-12-14-42-29)19-27-11-10-26-18-32(27)43-13-4-5-25-17-24(20-37)8-9-28(25)22-44-35-7-3-6-30(26)38-35/h3,6-11,15-18,29H,4-5,12-14,19,21-22H2,1-2H3. The van der Waals surface area contributed by atoms with Crippen LogP contribution in [0.5, 0.6) is 17.4 Å². The highest BCUT2D eigenvalue weighted by atomic mass is 16.5. The zero-order valence-electron chi connectivity index (χ0n) is 25.0. The minimum Gasteiger partial charge on any atom is -0.494 e. The molecule has 222 valence electrons. The fraction of sp³-hybridized carbons (Fsp3) is 0.306. The number of aromatic nitrogens is 3. The third-order valence-corrected chi connectivity index (χ3v) is 8.44. The van der Waals surface area contributed by atoms with Gasteiger partial charge in [-0.05, 0) is 79.3 Å². The van der Waals surface area contributed by atoms with Crippen LogP contribution in [0.2, 0.25) is 0 Å². The molecule has 4 heterocycles. The van der Waals surface area contributed by atoms with E-state index >= 15 is 0 Å². The Morgan fingerprint density at radius 3 is 2.73 bits per heavy atom. The number of pyridine rings is 1. The van der Waals surface area contributed by atoms with Crippen LogP contribution in [0.1, 0.15) is 46.5 Å². The van der Waals surface area contributed by atoms with Crippen molar-refractivity contribution in [1.82, 2.24) is 14.5 Å². The number of imidazole rings is 1. The van der Waals surface area contributed by atoms with Crippen molar-refractivity contribution in [3.05, 3.63) is 100 Å². The Hall–Kier alpha value is -4.87. The zero-order valence-corrected chi connectivity index (χ0v) is 25.0. The van der Waals surface area contributed by atoms with E-state index in [0.29, 0.717) is 31.1 Å². The number of hydrogen-bond donors (Lipinski definition) is 0. The molecule has 0 radical (unpaired) electrons. The molecule has 2 aliphatic rings. The summed E-state index contributed by atoms with van der Waals surface area (Å²) >= 11 is 0. The minimum atomic E-state index is 0.180. The van der Waals surface area contributed by atoms with E-state index in [1.54, 1.807) is 7.11 Å². The molecule has 3 aromatic carbocycles. The molecule has 0 N–H and O–H groups in total. The number of hydrogen-bond acceptors (Lipinski definition) is 7. The predicted molar refractivity (Wildman–Crippen MR) is 167 cm³/mol. The van der Waals surface area contributed by atoms with Gasteiger partial charge in [-0.2, -0.15) is 5.26 Å². The van der Waals surface area contributed by atoms with Crippen molar-refractivity contribution in [2.45, 2.75) is 51.9 Å². The third kappa shape index (κ3) is 5.59. The van der Waals surface area contributed by atoms with Crippen molar-refractivity contribution >= 4 is 11.0 Å². The fourth-order valence-electron chi connectivity index (χ4n) is 5.99. The molecule has 0 amide bonds. The van der Waals surface area contributed by atoms with Crippen molar-refractivity contribution in [1.29, 1.82) is 5.26 Å². The lowest BCUT2D eigenvalue weighted by Gasteiger charge is -2.27. The van der Waals surface area contributed by atoms with E-state index in [0.717, 1.165) is 94.3 Å². The van der Waals surface area contributed by atoms with Gasteiger partial charge in [-0.1, -0.05) is 24.3 Å². The van der Waals surface area contributed by atoms with Gasteiger partial charge in [0.1, 0.15) is 29.4 Å². The number of methoxy groups -OCH3 is 1. The second kappa shape index (κ2) is 12.0. The van der Waals surface area contributed by atoms with Crippen molar-refractivity contribution in [3.63, 3.8) is 0 Å². The summed E-state index contributed by atoms with van der Waals surface area (Å²) in [7, 11) is 1.69. The normalized spacial score (nSPS) is 16.1. The molecule has 2 aromatic heterocycles. The van der Waals surface area contributed by atoms with Crippen LogP contribution in [0.4, 0.5) is 0 Å². The predicted octanol–water partition coefficient (Wildman–Crippen LogP) is 6.57. The Balaban J connectivity index is 1.26. The summed E-state index contributed by atoms with van der Waals surface area (Å²) in [5, 5.41) is 9.48. The molecule has 8 nitrogen and oxygen atoms in total. The smallest absolute Gasteiger partial charge is 0.214 e. The molecule has 8 heteroatoms. The van der Waals surface area contributed by atoms with Crippen LogP contribution in [0.25, 0.3) is 22.3 Å². The van der Waals surface area contributed by atoms with Crippen molar-refractivity contribution < 1.29 is 18.9 Å². The molecule has 2 aliphatic heterocycles. The molecule has 0 spiro atoms. The highest BCUT2D eigenvalue weighted by Gasteiger charge is 2.24. The monoisotopic (exact) mass is 586 g/mol. The molecule has 4 bridgehead atoms. The third-order valence-electron chi connectivity index (χ3n) is 8.44. The summed E-state index contributed by atoms with van der Waals surface area (Å²) in [5.41, 5.74) is 8.63. The van der Waals surface area contributed by atoms with Gasteiger partial charge in [0.15, 0.2) is 0 Å². The summed E-state index contributed by atoms with van der Waals surface area (Å²) in [4.78, 5) is 9.90. The first-order valence-electron chi connectivity index (χ1n) is 15.1. The lowest BCUT2D eigenvalue weighted by atomic mass is 10.0. The molecule has 1 saturated heterocycles. The molecule has 44 heavy (non-hydrogen) atoms. The Morgan fingerprint density at radius 2 is 1.91 bits per heavy atom. The maximum atomic E-state index is 9.48. The lowest BCUT2D eigenvalue weighted by Crippen LogP contribution is -2.31. The largest absolute Gasteiger partial charge is 0.494 e. The highest BCUT2D eigenvalue weighted by Crippen LogP contribution is 2.33. The van der Waals surface area contributed by atoms with Gasteiger partial charge in [-0.3, -0.25) is 0 Å². The first kappa shape index (κ1) is 27.9. The quantitative estimate of drug-likeness (QED) is 0.230. The fourth-order valence-corrected chi connectivity index (χ4v) is 5.99. The maximum absolute atomic E-state index is 9.48. The van der Waals surface area contributed by atoms with Gasteiger partial charge < -0.3 is 23.5 Å². The molecule has 1 atom stereocenters. The van der Waals surface area contributed by atoms with Crippen LogP contribution in [0.3, 0.4) is 0 Å². The van der Waals surface area contributed by atoms with Gasteiger partial charge >= 0.3 is 0 Å². The molecule has 1 unspecified atom stereocenters. The van der Waals surface area contributed by atoms with Crippen molar-refractivity contribution in [2.75, 3.05) is 20.3 Å². The highest BCUT2D eigenvalue weighted by molar-refractivity contribution is 5.83. The van der Waals surface area contributed by atoms with Crippen LogP contribution < -0.4 is 14.2 Å². The number of ether oxygens (including phenoxy) is 4. The Bertz CT molecular complexity index is 1890. The molecule has 0 aliphatic carbocycles. The molecular weight excluding hydrogens is 552 g/mol. The molecule has 1 fully saturated rings. The lowest BCUT2D eigenvalue weighted by molar-refractivity contribution is -0.0589. The second-order valence-electron chi connectivity index (χ2n) is 11.5. The van der Waals surface area contributed by atoms with Crippen LogP contribution >= 0.6 is 0 Å². The van der Waals surface area contributed by atoms with Gasteiger partial charge in [0, 0.05) is 30.2 Å². The van der Waals surface area contributed by atoms with E-state index in [9.17, 15) is 5.26 Å². The number of nitriles is 1. The van der Waals surface area contributed by atoms with E-state index in [1.807, 2.05) is 42.5 Å². The Labute approximate surface area is 256 Å². The molecule has 0 saturated carbocycles. The average molecular weight is 587 g/mol. The van der Waals surface area contributed by atoms with Gasteiger partial charge in [-0.15, -0.1) is 0 Å². The van der Waals surface area contributed by atoms with Crippen LogP contribution in [-0.2, 0) is 30.7 Å². The average Bonchev–Trinajstić information content (AvgIpc) is 3.36. The van der Waals surface area contributed by atoms with Crippen LogP contribution in [0.15, 0.2) is 66.7 Å². The molecule has 5 aromatic rings. The zero-order chi connectivity index (χ0) is 30.0. The Kier molecular flexibility index (Phi) is 7.63. The van der Waals surface area contributed by atoms with Gasteiger partial charge in [0.05, 0.1) is 49.2 Å². The van der Waals surface area contributed by atoms with E-state index in [-0.39, 0.29) is 6.10 Å². The van der Waals surface area contributed by atoms with E-state index < -0.39 is 0 Å². The first-order chi connectivity index (χ1) is 21.6. The number of aryl methyl sites for hydroxylation is 2. The van der Waals surface area contributed by atoms with Gasteiger partial charge in [0.2, 0.25) is 5.88 Å². The van der Waals surface area contributed by atoms with Crippen LogP contribution in [0, 0.1) is 18.3 Å². The summed E-state index contributed by atoms with van der Waals surface area (Å²) in [6, 6.07) is 24.3.